The Morgan fingerprint density at radius 2 is 2.04 bits per heavy atom. The molecule has 0 spiro atoms. The Bertz CT molecular complexity index is 592. The normalized spacial score (nSPS) is 18.5. The minimum Gasteiger partial charge on any atom is -0.354 e. The molecule has 3 heterocycles. The highest BCUT2D eigenvalue weighted by atomic mass is 16.2. The number of nitrogens with zero attached hydrogens (tertiary/aromatic N) is 4. The monoisotopic (exact) mass is 333 g/mol. The third kappa shape index (κ3) is 4.14. The number of amides is 2. The van der Waals surface area contributed by atoms with E-state index in [-0.39, 0.29) is 18.4 Å². The van der Waals surface area contributed by atoms with E-state index in [4.69, 9.17) is 0 Å². The maximum Gasteiger partial charge on any atom is 0.240 e. The standard InChI is InChI=1S/C17H27N5O2/c1-14-12-16-21(17(24)6-11-22(16)19-14)13-15(23)18-7-5-10-20-8-3-2-4-9-20/h12H,2-11,13H2,1H3,(H,18,23). The van der Waals surface area contributed by atoms with E-state index in [0.717, 1.165) is 24.5 Å². The van der Waals surface area contributed by atoms with Gasteiger partial charge in [-0.2, -0.15) is 5.10 Å². The Kier molecular flexibility index (Phi) is 5.50. The van der Waals surface area contributed by atoms with Crippen molar-refractivity contribution in [1.82, 2.24) is 20.0 Å². The molecule has 2 aliphatic rings. The highest BCUT2D eigenvalue weighted by Crippen LogP contribution is 2.21. The zero-order valence-electron chi connectivity index (χ0n) is 14.5. The van der Waals surface area contributed by atoms with Crippen LogP contribution in [0.5, 0.6) is 0 Å². The van der Waals surface area contributed by atoms with Crippen molar-refractivity contribution in [2.24, 2.45) is 0 Å². The molecule has 7 heteroatoms. The second-order valence-electron chi connectivity index (χ2n) is 6.70. The van der Waals surface area contributed by atoms with Crippen molar-refractivity contribution in [3.8, 4) is 0 Å². The van der Waals surface area contributed by atoms with E-state index in [1.54, 1.807) is 9.58 Å². The SMILES string of the molecule is Cc1cc2n(n1)CCC(=O)N2CC(=O)NCCCN1CCCCC1. The summed E-state index contributed by atoms with van der Waals surface area (Å²) in [5.74, 6) is 0.618. The number of likely N-dealkylation sites (tertiary alicyclic amines) is 1. The summed E-state index contributed by atoms with van der Waals surface area (Å²) in [6.07, 6.45) is 5.27. The summed E-state index contributed by atoms with van der Waals surface area (Å²) in [6, 6.07) is 1.86. The van der Waals surface area contributed by atoms with E-state index in [9.17, 15) is 9.59 Å². The Balaban J connectivity index is 1.43. The lowest BCUT2D eigenvalue weighted by Crippen LogP contribution is -2.44. The minimum atomic E-state index is -0.103. The molecule has 1 aromatic heterocycles. The van der Waals surface area contributed by atoms with Crippen LogP contribution in [0.25, 0.3) is 0 Å². The first-order valence-corrected chi connectivity index (χ1v) is 8.97. The Morgan fingerprint density at radius 1 is 1.25 bits per heavy atom. The number of aryl methyl sites for hydroxylation is 2. The molecule has 1 aromatic rings. The number of hydrogen-bond acceptors (Lipinski definition) is 4. The molecule has 0 bridgehead atoms. The van der Waals surface area contributed by atoms with Gasteiger partial charge in [0.05, 0.1) is 12.2 Å². The van der Waals surface area contributed by atoms with Gasteiger partial charge in [-0.25, -0.2) is 4.68 Å². The molecule has 132 valence electrons. The first kappa shape index (κ1) is 17.0. The van der Waals surface area contributed by atoms with Crippen LogP contribution in [-0.2, 0) is 16.1 Å². The molecule has 2 amide bonds. The fraction of sp³-hybridized carbons (Fsp3) is 0.706. The number of carbonyl (C=O) groups is 2. The molecule has 0 aliphatic carbocycles. The van der Waals surface area contributed by atoms with Crippen molar-refractivity contribution in [1.29, 1.82) is 0 Å². The van der Waals surface area contributed by atoms with Crippen molar-refractivity contribution in [2.45, 2.75) is 45.6 Å². The van der Waals surface area contributed by atoms with Gasteiger partial charge < -0.3 is 10.2 Å². The van der Waals surface area contributed by atoms with Crippen LogP contribution >= 0.6 is 0 Å². The van der Waals surface area contributed by atoms with Gasteiger partial charge in [0.2, 0.25) is 11.8 Å². The zero-order chi connectivity index (χ0) is 16.9. The third-order valence-corrected chi connectivity index (χ3v) is 4.72. The third-order valence-electron chi connectivity index (χ3n) is 4.72. The van der Waals surface area contributed by atoms with Crippen molar-refractivity contribution < 1.29 is 9.59 Å². The quantitative estimate of drug-likeness (QED) is 0.786. The van der Waals surface area contributed by atoms with Gasteiger partial charge in [-0.3, -0.25) is 14.5 Å². The number of anilines is 1. The van der Waals surface area contributed by atoms with Gasteiger partial charge >= 0.3 is 0 Å². The average molecular weight is 333 g/mol. The van der Waals surface area contributed by atoms with Crippen LogP contribution in [0.3, 0.4) is 0 Å². The molecule has 1 N–H and O–H groups in total. The van der Waals surface area contributed by atoms with E-state index >= 15 is 0 Å². The molecular formula is C17H27N5O2. The van der Waals surface area contributed by atoms with Gasteiger partial charge in [-0.05, 0) is 45.8 Å². The largest absolute Gasteiger partial charge is 0.354 e. The summed E-state index contributed by atoms with van der Waals surface area (Å²) >= 11 is 0. The maximum atomic E-state index is 12.2. The lowest BCUT2D eigenvalue weighted by atomic mass is 10.1. The molecule has 0 atom stereocenters. The Morgan fingerprint density at radius 3 is 2.83 bits per heavy atom. The van der Waals surface area contributed by atoms with E-state index < -0.39 is 0 Å². The summed E-state index contributed by atoms with van der Waals surface area (Å²) in [5, 5.41) is 7.29. The molecule has 0 saturated carbocycles. The minimum absolute atomic E-state index is 0.00846. The second kappa shape index (κ2) is 7.79. The van der Waals surface area contributed by atoms with Gasteiger partial charge in [0.1, 0.15) is 12.4 Å². The van der Waals surface area contributed by atoms with E-state index in [0.29, 0.717) is 19.5 Å². The van der Waals surface area contributed by atoms with Crippen molar-refractivity contribution in [3.05, 3.63) is 11.8 Å². The lowest BCUT2D eigenvalue weighted by Gasteiger charge is -2.27. The van der Waals surface area contributed by atoms with Crippen LogP contribution in [0.4, 0.5) is 5.82 Å². The topological polar surface area (TPSA) is 70.5 Å². The fourth-order valence-electron chi connectivity index (χ4n) is 3.46. The number of carbonyl (C=O) groups excluding carboxylic acids is 2. The van der Waals surface area contributed by atoms with E-state index in [2.05, 4.69) is 15.3 Å². The molecule has 1 saturated heterocycles. The van der Waals surface area contributed by atoms with Gasteiger partial charge in [0, 0.05) is 19.0 Å². The molecule has 0 aromatic carbocycles. The molecular weight excluding hydrogens is 306 g/mol. The predicted octanol–water partition coefficient (Wildman–Crippen LogP) is 0.920. The van der Waals surface area contributed by atoms with Crippen LogP contribution in [0, 0.1) is 6.92 Å². The first-order valence-electron chi connectivity index (χ1n) is 8.97. The van der Waals surface area contributed by atoms with Crippen LogP contribution in [0.1, 0.15) is 37.8 Å². The number of nitrogens with one attached hydrogen (secondary N) is 1. The summed E-state index contributed by atoms with van der Waals surface area (Å²) in [6.45, 7) is 6.63. The molecule has 0 radical (unpaired) electrons. The first-order chi connectivity index (χ1) is 11.6. The summed E-state index contributed by atoms with van der Waals surface area (Å²) in [5.41, 5.74) is 0.867. The Hall–Kier alpha value is -1.89. The number of fused-ring (bicyclic) bond motifs is 1. The molecule has 1 fully saturated rings. The van der Waals surface area contributed by atoms with Crippen molar-refractivity contribution >= 4 is 17.6 Å². The van der Waals surface area contributed by atoms with Gasteiger partial charge in [0.15, 0.2) is 0 Å². The summed E-state index contributed by atoms with van der Waals surface area (Å²) < 4.78 is 1.81. The number of hydrogen-bond donors (Lipinski definition) is 1. The van der Waals surface area contributed by atoms with Crippen LogP contribution in [-0.4, -0.2) is 59.2 Å². The van der Waals surface area contributed by atoms with Gasteiger partial charge in [0.25, 0.3) is 0 Å². The van der Waals surface area contributed by atoms with Crippen LogP contribution in [0.2, 0.25) is 0 Å². The van der Waals surface area contributed by atoms with E-state index in [1.807, 2.05) is 13.0 Å². The molecule has 24 heavy (non-hydrogen) atoms. The maximum absolute atomic E-state index is 12.2. The Labute approximate surface area is 143 Å². The summed E-state index contributed by atoms with van der Waals surface area (Å²) in [7, 11) is 0. The smallest absolute Gasteiger partial charge is 0.240 e. The fourth-order valence-corrected chi connectivity index (χ4v) is 3.46. The average Bonchev–Trinajstić information content (AvgIpc) is 2.96. The lowest BCUT2D eigenvalue weighted by molar-refractivity contribution is -0.124. The molecule has 7 nitrogen and oxygen atoms in total. The number of rotatable bonds is 6. The zero-order valence-corrected chi connectivity index (χ0v) is 14.5. The van der Waals surface area contributed by atoms with Crippen LogP contribution < -0.4 is 10.2 Å². The van der Waals surface area contributed by atoms with Crippen LogP contribution in [0.15, 0.2) is 6.07 Å². The van der Waals surface area contributed by atoms with E-state index in [1.165, 1.54) is 32.4 Å². The van der Waals surface area contributed by atoms with Crippen molar-refractivity contribution in [3.63, 3.8) is 0 Å². The summed E-state index contributed by atoms with van der Waals surface area (Å²) in [4.78, 5) is 28.3. The molecule has 3 rings (SSSR count). The second-order valence-corrected chi connectivity index (χ2v) is 6.70. The highest BCUT2D eigenvalue weighted by Gasteiger charge is 2.27. The van der Waals surface area contributed by atoms with Gasteiger partial charge in [-0.1, -0.05) is 6.42 Å². The van der Waals surface area contributed by atoms with Crippen molar-refractivity contribution in [2.75, 3.05) is 37.6 Å². The molecule has 2 aliphatic heterocycles. The number of piperidine rings is 1. The number of aromatic nitrogens is 2. The highest BCUT2D eigenvalue weighted by molar-refractivity contribution is 5.98. The molecule has 0 unspecified atom stereocenters. The predicted molar refractivity (Wildman–Crippen MR) is 91.9 cm³/mol. The van der Waals surface area contributed by atoms with Gasteiger partial charge in [-0.15, -0.1) is 0 Å².